The van der Waals surface area contributed by atoms with Gasteiger partial charge in [-0.15, -0.1) is 0 Å². The van der Waals surface area contributed by atoms with Gasteiger partial charge in [0.15, 0.2) is 9.84 Å². The predicted octanol–water partition coefficient (Wildman–Crippen LogP) is -1.26. The number of hydrogen-bond acceptors (Lipinski definition) is 4. The molecule has 0 unspecified atom stereocenters. The van der Waals surface area contributed by atoms with Crippen molar-refractivity contribution >= 4 is 9.84 Å². The Kier molecular flexibility index (Phi) is 2.51. The Labute approximate surface area is 66.3 Å². The second kappa shape index (κ2) is 3.08. The van der Waals surface area contributed by atoms with E-state index < -0.39 is 9.84 Å². The fraction of sp³-hybridized carbons (Fsp3) is 1.00. The summed E-state index contributed by atoms with van der Waals surface area (Å²) in [5.41, 5.74) is 5.59. The topological polar surface area (TPSA) is 80.4 Å². The zero-order valence-corrected chi connectivity index (χ0v) is 7.05. The summed E-state index contributed by atoms with van der Waals surface area (Å²) in [6.07, 6.45) is 0.480. The van der Waals surface area contributed by atoms with Gasteiger partial charge < -0.3 is 10.8 Å². The number of nitrogens with two attached hydrogens (primary N) is 1. The number of aliphatic hydroxyl groups excluding tert-OH is 1. The molecule has 1 fully saturated rings. The molecule has 0 bridgehead atoms. The lowest BCUT2D eigenvalue weighted by Crippen LogP contribution is -2.43. The Bertz CT molecular complexity index is 224. The summed E-state index contributed by atoms with van der Waals surface area (Å²) in [5, 5.41) is 8.75. The molecule has 1 aliphatic rings. The van der Waals surface area contributed by atoms with E-state index in [2.05, 4.69) is 0 Å². The minimum atomic E-state index is -2.92. The Morgan fingerprint density at radius 2 is 2.18 bits per heavy atom. The Hall–Kier alpha value is -0.130. The quantitative estimate of drug-likeness (QED) is 0.526. The van der Waals surface area contributed by atoms with Gasteiger partial charge in [-0.05, 0) is 6.42 Å². The second-order valence-corrected chi connectivity index (χ2v) is 5.24. The molecule has 3 N–H and O–H groups in total. The van der Waals surface area contributed by atoms with Gasteiger partial charge >= 0.3 is 0 Å². The van der Waals surface area contributed by atoms with E-state index in [-0.39, 0.29) is 30.1 Å². The van der Waals surface area contributed by atoms with Crippen molar-refractivity contribution in [1.82, 2.24) is 0 Å². The maximum Gasteiger partial charge on any atom is 0.150 e. The molecule has 1 saturated heterocycles. The van der Waals surface area contributed by atoms with Crippen molar-refractivity contribution in [1.29, 1.82) is 0 Å². The van der Waals surface area contributed by atoms with Crippen molar-refractivity contribution in [3.8, 4) is 0 Å². The Balaban J connectivity index is 2.66. The highest BCUT2D eigenvalue weighted by Crippen LogP contribution is 2.16. The molecule has 4 nitrogen and oxygen atoms in total. The third-order valence-corrected chi connectivity index (χ3v) is 3.86. The molecule has 0 aliphatic carbocycles. The molecule has 0 aromatic heterocycles. The van der Waals surface area contributed by atoms with E-state index in [9.17, 15) is 8.42 Å². The molecule has 66 valence electrons. The summed E-state index contributed by atoms with van der Waals surface area (Å²) < 4.78 is 22.0. The standard InChI is InChI=1S/C6H13NO3S/c7-6-1-2-11(9,10)4-5(6)3-8/h5-6,8H,1-4,7H2/t5-,6+/m0/s1. The fourth-order valence-electron chi connectivity index (χ4n) is 1.27. The maximum absolute atomic E-state index is 11.0. The van der Waals surface area contributed by atoms with Gasteiger partial charge in [0.1, 0.15) is 0 Å². The molecule has 5 heteroatoms. The largest absolute Gasteiger partial charge is 0.396 e. The van der Waals surface area contributed by atoms with Crippen molar-refractivity contribution in [3.63, 3.8) is 0 Å². The van der Waals surface area contributed by atoms with E-state index in [1.807, 2.05) is 0 Å². The zero-order chi connectivity index (χ0) is 8.48. The number of hydrogen-bond donors (Lipinski definition) is 2. The summed E-state index contributed by atoms with van der Waals surface area (Å²) in [4.78, 5) is 0. The van der Waals surface area contributed by atoms with E-state index in [0.717, 1.165) is 0 Å². The molecule has 1 rings (SSSR count). The van der Waals surface area contributed by atoms with Gasteiger partial charge in [-0.3, -0.25) is 0 Å². The van der Waals surface area contributed by atoms with Gasteiger partial charge in [-0.2, -0.15) is 0 Å². The smallest absolute Gasteiger partial charge is 0.150 e. The minimum Gasteiger partial charge on any atom is -0.396 e. The van der Waals surface area contributed by atoms with Crippen molar-refractivity contribution in [2.75, 3.05) is 18.1 Å². The SMILES string of the molecule is N[C@@H]1CCS(=O)(=O)C[C@@H]1CO. The summed E-state index contributed by atoms with van der Waals surface area (Å²) >= 11 is 0. The first kappa shape index (κ1) is 8.96. The van der Waals surface area contributed by atoms with Crippen LogP contribution in [0, 0.1) is 5.92 Å². The van der Waals surface area contributed by atoms with Gasteiger partial charge in [0.2, 0.25) is 0 Å². The van der Waals surface area contributed by atoms with Crippen molar-refractivity contribution in [2.24, 2.45) is 11.7 Å². The van der Waals surface area contributed by atoms with Crippen molar-refractivity contribution < 1.29 is 13.5 Å². The summed E-state index contributed by atoms with van der Waals surface area (Å²) in [6, 6.07) is -0.150. The van der Waals surface area contributed by atoms with Crippen LogP contribution in [-0.4, -0.2) is 37.7 Å². The van der Waals surface area contributed by atoms with Crippen LogP contribution in [0.1, 0.15) is 6.42 Å². The van der Waals surface area contributed by atoms with Crippen LogP contribution < -0.4 is 5.73 Å². The average Bonchev–Trinajstić information content (AvgIpc) is 1.94. The number of aliphatic hydroxyl groups is 1. The van der Waals surface area contributed by atoms with Crippen LogP contribution in [0.25, 0.3) is 0 Å². The molecule has 0 radical (unpaired) electrons. The molecule has 2 atom stereocenters. The molecular formula is C6H13NO3S. The Morgan fingerprint density at radius 3 is 2.64 bits per heavy atom. The number of rotatable bonds is 1. The van der Waals surface area contributed by atoms with E-state index in [1.165, 1.54) is 0 Å². The molecule has 11 heavy (non-hydrogen) atoms. The van der Waals surface area contributed by atoms with Gasteiger partial charge in [-0.1, -0.05) is 0 Å². The second-order valence-electron chi connectivity index (χ2n) is 3.01. The molecule has 0 amide bonds. The normalized spacial score (nSPS) is 36.9. The summed E-state index contributed by atoms with van der Waals surface area (Å²) in [5.74, 6) is -0.0382. The monoisotopic (exact) mass is 179 g/mol. The highest BCUT2D eigenvalue weighted by Gasteiger charge is 2.29. The van der Waals surface area contributed by atoms with E-state index in [4.69, 9.17) is 10.8 Å². The summed E-state index contributed by atoms with van der Waals surface area (Å²) in [7, 11) is -2.92. The first-order valence-corrected chi connectivity index (χ1v) is 5.44. The van der Waals surface area contributed by atoms with Gasteiger partial charge in [0.05, 0.1) is 11.5 Å². The van der Waals surface area contributed by atoms with E-state index >= 15 is 0 Å². The van der Waals surface area contributed by atoms with E-state index in [1.54, 1.807) is 0 Å². The van der Waals surface area contributed by atoms with E-state index in [0.29, 0.717) is 6.42 Å². The molecule has 0 aromatic carbocycles. The molecular weight excluding hydrogens is 166 g/mol. The third-order valence-electron chi connectivity index (χ3n) is 2.07. The van der Waals surface area contributed by atoms with Crippen LogP contribution in [-0.2, 0) is 9.84 Å². The maximum atomic E-state index is 11.0. The molecule has 0 aromatic rings. The lowest BCUT2D eigenvalue weighted by atomic mass is 10.0. The van der Waals surface area contributed by atoms with Crippen molar-refractivity contribution in [3.05, 3.63) is 0 Å². The zero-order valence-electron chi connectivity index (χ0n) is 6.23. The molecule has 1 aliphatic heterocycles. The lowest BCUT2D eigenvalue weighted by Gasteiger charge is -2.26. The van der Waals surface area contributed by atoms with Gasteiger partial charge in [0.25, 0.3) is 0 Å². The van der Waals surface area contributed by atoms with Crippen LogP contribution in [0.5, 0.6) is 0 Å². The van der Waals surface area contributed by atoms with Crippen molar-refractivity contribution in [2.45, 2.75) is 12.5 Å². The molecule has 0 saturated carbocycles. The highest BCUT2D eigenvalue weighted by molar-refractivity contribution is 7.91. The van der Waals surface area contributed by atoms with Gasteiger partial charge in [-0.25, -0.2) is 8.42 Å². The minimum absolute atomic E-state index is 0.0463. The van der Waals surface area contributed by atoms with Crippen LogP contribution in [0.4, 0.5) is 0 Å². The van der Waals surface area contributed by atoms with Gasteiger partial charge in [0, 0.05) is 18.6 Å². The Morgan fingerprint density at radius 1 is 1.55 bits per heavy atom. The van der Waals surface area contributed by atoms with Crippen LogP contribution in [0.3, 0.4) is 0 Å². The summed E-state index contributed by atoms with van der Waals surface area (Å²) in [6.45, 7) is -0.125. The lowest BCUT2D eigenvalue weighted by molar-refractivity contribution is 0.212. The first-order valence-electron chi connectivity index (χ1n) is 3.62. The third kappa shape index (κ3) is 2.15. The fourth-order valence-corrected chi connectivity index (χ4v) is 3.08. The molecule has 1 heterocycles. The number of sulfone groups is 1. The predicted molar refractivity (Wildman–Crippen MR) is 41.8 cm³/mol. The molecule has 0 spiro atoms. The van der Waals surface area contributed by atoms with Crippen LogP contribution in [0.2, 0.25) is 0 Å². The first-order chi connectivity index (χ1) is 5.05. The average molecular weight is 179 g/mol. The highest BCUT2D eigenvalue weighted by atomic mass is 32.2. The van der Waals surface area contributed by atoms with Crippen LogP contribution >= 0.6 is 0 Å². The van der Waals surface area contributed by atoms with Crippen LogP contribution in [0.15, 0.2) is 0 Å².